The van der Waals surface area contributed by atoms with Crippen LogP contribution in [0.1, 0.15) is 17.5 Å². The van der Waals surface area contributed by atoms with Gasteiger partial charge in [-0.05, 0) is 29.8 Å². The normalized spacial score (nSPS) is 11.2. The molecular weight excluding hydrogens is 384 g/mol. The zero-order chi connectivity index (χ0) is 20.1. The molecule has 0 saturated heterocycles. The number of nitrogens with one attached hydrogen (secondary N) is 3. The Morgan fingerprint density at radius 3 is 2.82 bits per heavy atom. The van der Waals surface area contributed by atoms with Crippen molar-refractivity contribution in [1.29, 1.82) is 5.26 Å². The van der Waals surface area contributed by atoms with E-state index in [0.29, 0.717) is 11.1 Å². The number of hydrogen-bond acceptors (Lipinski definition) is 6. The van der Waals surface area contributed by atoms with Gasteiger partial charge in [0, 0.05) is 25.6 Å². The minimum atomic E-state index is -3.86. The second-order valence-corrected chi connectivity index (χ2v) is 7.68. The van der Waals surface area contributed by atoms with Gasteiger partial charge in [0.2, 0.25) is 15.9 Å². The Balaban J connectivity index is 1.53. The van der Waals surface area contributed by atoms with Crippen molar-refractivity contribution in [3.63, 3.8) is 0 Å². The lowest BCUT2D eigenvalue weighted by molar-refractivity contribution is -0.121. The molecule has 0 aliphatic carbocycles. The standard InChI is InChI=1S/C18H16N4O5S/c19-10-12-2-1-3-13(8-12)11-20-17(23)6-7-21-28(25,26)14-4-5-15-16(9-14)27-18(24)22-15/h1-5,8-9,21H,6-7,11H2,(H,20,23)(H,22,24). The van der Waals surface area contributed by atoms with Crippen molar-refractivity contribution >= 4 is 27.0 Å². The first-order valence-corrected chi connectivity index (χ1v) is 9.74. The molecule has 1 aromatic heterocycles. The van der Waals surface area contributed by atoms with Crippen LogP contribution in [-0.2, 0) is 21.4 Å². The Kier molecular flexibility index (Phi) is 5.58. The van der Waals surface area contributed by atoms with Gasteiger partial charge in [-0.1, -0.05) is 12.1 Å². The maximum absolute atomic E-state index is 12.3. The maximum atomic E-state index is 12.3. The van der Waals surface area contributed by atoms with Gasteiger partial charge in [0.15, 0.2) is 5.58 Å². The summed E-state index contributed by atoms with van der Waals surface area (Å²) in [5.41, 5.74) is 1.79. The quantitative estimate of drug-likeness (QED) is 0.539. The first-order chi connectivity index (χ1) is 13.4. The monoisotopic (exact) mass is 400 g/mol. The lowest BCUT2D eigenvalue weighted by Crippen LogP contribution is -2.30. The predicted molar refractivity (Wildman–Crippen MR) is 99.6 cm³/mol. The molecule has 0 aliphatic rings. The Bertz CT molecular complexity index is 1220. The minimum Gasteiger partial charge on any atom is -0.408 e. The van der Waals surface area contributed by atoms with Crippen LogP contribution in [0.3, 0.4) is 0 Å². The zero-order valence-electron chi connectivity index (χ0n) is 14.6. The summed E-state index contributed by atoms with van der Waals surface area (Å²) < 4.78 is 31.8. The fourth-order valence-corrected chi connectivity index (χ4v) is 3.56. The zero-order valence-corrected chi connectivity index (χ0v) is 15.4. The van der Waals surface area contributed by atoms with Crippen LogP contribution in [0, 0.1) is 11.3 Å². The van der Waals surface area contributed by atoms with E-state index < -0.39 is 15.8 Å². The Labute approximate surface area is 160 Å². The third kappa shape index (κ3) is 4.64. The molecule has 0 spiro atoms. The van der Waals surface area contributed by atoms with Gasteiger partial charge in [0.05, 0.1) is 22.0 Å². The van der Waals surface area contributed by atoms with Crippen LogP contribution in [-0.4, -0.2) is 25.9 Å². The van der Waals surface area contributed by atoms with Gasteiger partial charge < -0.3 is 9.73 Å². The number of H-pyrrole nitrogens is 1. The molecule has 3 aromatic rings. The van der Waals surface area contributed by atoms with E-state index in [-0.39, 0.29) is 35.9 Å². The number of oxazole rings is 1. The molecular formula is C18H16N4O5S. The summed E-state index contributed by atoms with van der Waals surface area (Å²) in [4.78, 5) is 25.4. The third-order valence-corrected chi connectivity index (χ3v) is 5.35. The lowest BCUT2D eigenvalue weighted by Gasteiger charge is -2.08. The Hall–Kier alpha value is -3.42. The van der Waals surface area contributed by atoms with Crippen LogP contribution < -0.4 is 15.8 Å². The van der Waals surface area contributed by atoms with Crippen LogP contribution in [0.5, 0.6) is 0 Å². The first-order valence-electron chi connectivity index (χ1n) is 8.26. The average molecular weight is 400 g/mol. The van der Waals surface area contributed by atoms with Crippen LogP contribution in [0.4, 0.5) is 0 Å². The van der Waals surface area contributed by atoms with E-state index in [2.05, 4.69) is 15.0 Å². The summed E-state index contributed by atoms with van der Waals surface area (Å²) in [6, 6.07) is 12.8. The highest BCUT2D eigenvalue weighted by molar-refractivity contribution is 7.89. The molecule has 0 fully saturated rings. The summed E-state index contributed by atoms with van der Waals surface area (Å²) >= 11 is 0. The van der Waals surface area contributed by atoms with Gasteiger partial charge in [-0.15, -0.1) is 0 Å². The van der Waals surface area contributed by atoms with Crippen molar-refractivity contribution in [2.24, 2.45) is 0 Å². The van der Waals surface area contributed by atoms with Crippen LogP contribution in [0.25, 0.3) is 11.1 Å². The molecule has 0 radical (unpaired) electrons. The van der Waals surface area contributed by atoms with Crippen molar-refractivity contribution in [1.82, 2.24) is 15.0 Å². The predicted octanol–water partition coefficient (Wildman–Crippen LogP) is 0.978. The Morgan fingerprint density at radius 1 is 1.21 bits per heavy atom. The van der Waals surface area contributed by atoms with E-state index in [4.69, 9.17) is 9.68 Å². The highest BCUT2D eigenvalue weighted by Gasteiger charge is 2.16. The summed E-state index contributed by atoms with van der Waals surface area (Å²) in [5.74, 6) is -1.01. The van der Waals surface area contributed by atoms with E-state index in [0.717, 1.165) is 5.56 Å². The number of fused-ring (bicyclic) bond motifs is 1. The number of aromatic amines is 1. The average Bonchev–Trinajstić information content (AvgIpc) is 3.05. The molecule has 144 valence electrons. The highest BCUT2D eigenvalue weighted by Crippen LogP contribution is 2.16. The molecule has 0 atom stereocenters. The maximum Gasteiger partial charge on any atom is 0.417 e. The lowest BCUT2D eigenvalue weighted by atomic mass is 10.1. The van der Waals surface area contributed by atoms with Crippen molar-refractivity contribution in [2.75, 3.05) is 6.54 Å². The largest absolute Gasteiger partial charge is 0.417 e. The molecule has 9 nitrogen and oxygen atoms in total. The summed E-state index contributed by atoms with van der Waals surface area (Å²) in [5, 5.41) is 11.5. The van der Waals surface area contributed by atoms with Gasteiger partial charge in [-0.25, -0.2) is 17.9 Å². The van der Waals surface area contributed by atoms with Crippen molar-refractivity contribution in [3.05, 3.63) is 64.1 Å². The third-order valence-electron chi connectivity index (χ3n) is 3.89. The SMILES string of the molecule is N#Cc1cccc(CNC(=O)CCNS(=O)(=O)c2ccc3[nH]c(=O)oc3c2)c1. The number of amides is 1. The highest BCUT2D eigenvalue weighted by atomic mass is 32.2. The van der Waals surface area contributed by atoms with Crippen LogP contribution in [0.2, 0.25) is 0 Å². The molecule has 28 heavy (non-hydrogen) atoms. The molecule has 3 N–H and O–H groups in total. The molecule has 0 saturated carbocycles. The smallest absolute Gasteiger partial charge is 0.408 e. The van der Waals surface area contributed by atoms with E-state index in [1.54, 1.807) is 24.3 Å². The molecule has 0 unspecified atom stereocenters. The number of nitriles is 1. The van der Waals surface area contributed by atoms with Gasteiger partial charge >= 0.3 is 5.76 Å². The number of rotatable bonds is 7. The van der Waals surface area contributed by atoms with E-state index in [1.807, 2.05) is 6.07 Å². The Morgan fingerprint density at radius 2 is 2.04 bits per heavy atom. The van der Waals surface area contributed by atoms with Gasteiger partial charge in [-0.2, -0.15) is 5.26 Å². The molecule has 1 amide bonds. The van der Waals surface area contributed by atoms with E-state index >= 15 is 0 Å². The van der Waals surface area contributed by atoms with E-state index in [1.165, 1.54) is 18.2 Å². The molecule has 0 bridgehead atoms. The number of sulfonamides is 1. The molecule has 3 rings (SSSR count). The number of hydrogen-bond donors (Lipinski definition) is 3. The van der Waals surface area contributed by atoms with Crippen molar-refractivity contribution < 1.29 is 17.6 Å². The number of benzene rings is 2. The number of nitrogens with zero attached hydrogens (tertiary/aromatic N) is 1. The van der Waals surface area contributed by atoms with Crippen LogP contribution >= 0.6 is 0 Å². The second kappa shape index (κ2) is 8.08. The fraction of sp³-hybridized carbons (Fsp3) is 0.167. The van der Waals surface area contributed by atoms with Crippen LogP contribution in [0.15, 0.2) is 56.6 Å². The van der Waals surface area contributed by atoms with Gasteiger partial charge in [-0.3, -0.25) is 9.78 Å². The molecule has 2 aromatic carbocycles. The van der Waals surface area contributed by atoms with E-state index in [9.17, 15) is 18.0 Å². The number of carbonyl (C=O) groups excluding carboxylic acids is 1. The fourth-order valence-electron chi connectivity index (χ4n) is 2.52. The van der Waals surface area contributed by atoms with Crippen molar-refractivity contribution in [3.8, 4) is 6.07 Å². The number of carbonyl (C=O) groups is 1. The second-order valence-electron chi connectivity index (χ2n) is 5.91. The van der Waals surface area contributed by atoms with Crippen molar-refractivity contribution in [2.45, 2.75) is 17.9 Å². The van der Waals surface area contributed by atoms with Gasteiger partial charge in [0.25, 0.3) is 0 Å². The molecule has 0 aliphatic heterocycles. The van der Waals surface area contributed by atoms with Gasteiger partial charge in [0.1, 0.15) is 0 Å². The summed E-state index contributed by atoms with van der Waals surface area (Å²) in [6.45, 7) is 0.145. The molecule has 1 heterocycles. The minimum absolute atomic E-state index is 0.0569. The number of aromatic nitrogens is 1. The molecule has 10 heteroatoms. The first kappa shape index (κ1) is 19.3. The summed E-state index contributed by atoms with van der Waals surface area (Å²) in [6.07, 6.45) is -0.0569. The topological polar surface area (TPSA) is 145 Å². The summed E-state index contributed by atoms with van der Waals surface area (Å²) in [7, 11) is -3.86.